The van der Waals surface area contributed by atoms with Gasteiger partial charge in [-0.15, -0.1) is 0 Å². The molecule has 0 amide bonds. The summed E-state index contributed by atoms with van der Waals surface area (Å²) in [7, 11) is -4.58. The molecule has 0 heterocycles. The molecule has 0 aliphatic heterocycles. The van der Waals surface area contributed by atoms with Gasteiger partial charge < -0.3 is 8.85 Å². The maximum Gasteiger partial charge on any atom is 0.377 e. The number of rotatable bonds is 10. The van der Waals surface area contributed by atoms with Crippen LogP contribution in [0.2, 0.25) is 6.55 Å². The fourth-order valence-corrected chi connectivity index (χ4v) is 4.14. The lowest BCUT2D eigenvalue weighted by Gasteiger charge is -2.37. The molecular weight excluding hydrogens is 363 g/mol. The molecule has 0 N–H and O–H groups in total. The maximum atomic E-state index is 14.0. The number of hydrogen-bond donors (Lipinski definition) is 0. The number of halogens is 9. The molecule has 12 heteroatoms. The van der Waals surface area contributed by atoms with Crippen molar-refractivity contribution < 1.29 is 48.4 Å². The van der Waals surface area contributed by atoms with Crippen LogP contribution in [0.5, 0.6) is 0 Å². The fourth-order valence-electron chi connectivity index (χ4n) is 1.77. The van der Waals surface area contributed by atoms with Gasteiger partial charge in [-0.2, -0.15) is 17.6 Å². The fraction of sp³-hybridized carbons (Fsp3) is 1.00. The van der Waals surface area contributed by atoms with E-state index in [2.05, 4.69) is 8.85 Å². The van der Waals surface area contributed by atoms with E-state index in [0.29, 0.717) is 6.55 Å². The van der Waals surface area contributed by atoms with Gasteiger partial charge in [-0.3, -0.25) is 0 Å². The van der Waals surface area contributed by atoms with E-state index in [1.54, 1.807) is 0 Å². The third-order valence-electron chi connectivity index (χ3n) is 2.95. The molecule has 0 rings (SSSR count). The van der Waals surface area contributed by atoms with Crippen molar-refractivity contribution in [2.45, 2.75) is 56.8 Å². The van der Waals surface area contributed by atoms with Crippen LogP contribution >= 0.6 is 0 Å². The summed E-state index contributed by atoms with van der Waals surface area (Å²) in [5, 5.41) is 0. The third-order valence-corrected chi connectivity index (χ3v) is 5.96. The Kier molecular flexibility index (Phi) is 7.88. The minimum Gasteiger partial charge on any atom is -0.393 e. The summed E-state index contributed by atoms with van der Waals surface area (Å²) >= 11 is 0. The molecule has 0 radical (unpaired) electrons. The molecule has 0 bridgehead atoms. The Bertz CT molecular complexity index is 363. The van der Waals surface area contributed by atoms with Gasteiger partial charge in [0.05, 0.1) is 0 Å². The summed E-state index contributed by atoms with van der Waals surface area (Å²) in [6.45, 7) is 2.46. The molecule has 0 aromatic rings. The summed E-state index contributed by atoms with van der Waals surface area (Å²) in [5.41, 5.74) is 0. The van der Waals surface area contributed by atoms with Crippen molar-refractivity contribution in [1.29, 1.82) is 0 Å². The molecule has 140 valence electrons. The van der Waals surface area contributed by atoms with Crippen molar-refractivity contribution in [2.75, 3.05) is 13.2 Å². The highest BCUT2D eigenvalue weighted by Gasteiger charge is 2.73. The molecule has 0 saturated carbocycles. The van der Waals surface area contributed by atoms with Gasteiger partial charge in [0.25, 0.3) is 6.43 Å². The SMILES string of the molecule is CCO[Si](C)(OCC)C(F)C(F)(F)C(F)(F)C(F)C(F)C(F)F. The molecule has 0 aliphatic carbocycles. The van der Waals surface area contributed by atoms with Crippen LogP contribution in [0, 0.1) is 0 Å². The van der Waals surface area contributed by atoms with Gasteiger partial charge in [-0.1, -0.05) is 0 Å². The minimum atomic E-state index is -6.02. The zero-order valence-corrected chi connectivity index (χ0v) is 13.4. The Hall–Kier alpha value is -0.493. The molecule has 0 spiro atoms. The monoisotopic (exact) mass is 380 g/mol. The Labute approximate surface area is 128 Å². The lowest BCUT2D eigenvalue weighted by atomic mass is 10.0. The second kappa shape index (κ2) is 8.06. The van der Waals surface area contributed by atoms with E-state index >= 15 is 0 Å². The second-order valence-corrected chi connectivity index (χ2v) is 7.79. The number of alkyl halides is 9. The Morgan fingerprint density at radius 1 is 0.826 bits per heavy atom. The summed E-state index contributed by atoms with van der Waals surface area (Å²) < 4.78 is 127. The predicted molar refractivity (Wildman–Crippen MR) is 65.5 cm³/mol. The average Bonchev–Trinajstić information content (AvgIpc) is 2.44. The van der Waals surface area contributed by atoms with Crippen LogP contribution in [0.25, 0.3) is 0 Å². The van der Waals surface area contributed by atoms with Crippen LogP contribution in [0.1, 0.15) is 13.8 Å². The van der Waals surface area contributed by atoms with E-state index < -0.39 is 45.0 Å². The molecule has 0 fully saturated rings. The topological polar surface area (TPSA) is 18.5 Å². The van der Waals surface area contributed by atoms with Gasteiger partial charge in [0.15, 0.2) is 6.17 Å². The van der Waals surface area contributed by atoms with Gasteiger partial charge in [0, 0.05) is 13.2 Å². The highest BCUT2D eigenvalue weighted by molar-refractivity contribution is 6.67. The van der Waals surface area contributed by atoms with E-state index in [4.69, 9.17) is 0 Å². The van der Waals surface area contributed by atoms with Crippen molar-refractivity contribution in [3.05, 3.63) is 0 Å². The van der Waals surface area contributed by atoms with Crippen molar-refractivity contribution in [1.82, 2.24) is 0 Å². The van der Waals surface area contributed by atoms with Crippen LogP contribution in [-0.2, 0) is 8.85 Å². The highest BCUT2D eigenvalue weighted by Crippen LogP contribution is 2.46. The molecule has 0 aliphatic rings. The lowest BCUT2D eigenvalue weighted by Crippen LogP contribution is -2.65. The van der Waals surface area contributed by atoms with Gasteiger partial charge in [0.2, 0.25) is 12.0 Å². The Balaban J connectivity index is 5.64. The van der Waals surface area contributed by atoms with Gasteiger partial charge in [-0.05, 0) is 20.4 Å². The first-order chi connectivity index (χ1) is 10.3. The lowest BCUT2D eigenvalue weighted by molar-refractivity contribution is -0.270. The second-order valence-electron chi connectivity index (χ2n) is 4.67. The van der Waals surface area contributed by atoms with E-state index in [0.717, 1.165) is 0 Å². The Morgan fingerprint density at radius 3 is 1.52 bits per heavy atom. The molecule has 3 atom stereocenters. The quantitative estimate of drug-likeness (QED) is 0.417. The molecule has 0 aromatic carbocycles. The smallest absolute Gasteiger partial charge is 0.377 e. The first-order valence-corrected chi connectivity index (χ1v) is 8.92. The first kappa shape index (κ1) is 22.5. The van der Waals surface area contributed by atoms with E-state index in [9.17, 15) is 39.5 Å². The first-order valence-electron chi connectivity index (χ1n) is 6.53. The standard InChI is InChI=1S/C11H17F9O2Si/c1-4-21-23(3,22-5-2)9(16)11(19,20)10(17,18)7(13)6(12)8(14)15/h6-9H,4-5H2,1-3H3. The largest absolute Gasteiger partial charge is 0.393 e. The van der Waals surface area contributed by atoms with Crippen LogP contribution in [0.3, 0.4) is 0 Å². The van der Waals surface area contributed by atoms with Crippen LogP contribution in [0.4, 0.5) is 39.5 Å². The molecule has 23 heavy (non-hydrogen) atoms. The molecule has 0 saturated heterocycles. The Morgan fingerprint density at radius 2 is 1.22 bits per heavy atom. The summed E-state index contributed by atoms with van der Waals surface area (Å²) in [5.74, 6) is -15.6. The zero-order chi connectivity index (χ0) is 18.6. The third kappa shape index (κ3) is 4.53. The van der Waals surface area contributed by atoms with Crippen molar-refractivity contribution >= 4 is 8.56 Å². The van der Waals surface area contributed by atoms with E-state index in [1.165, 1.54) is 13.8 Å². The number of hydrogen-bond acceptors (Lipinski definition) is 2. The summed E-state index contributed by atoms with van der Waals surface area (Å²) in [6.07, 6.45) is -13.1. The van der Waals surface area contributed by atoms with Crippen LogP contribution in [-0.4, -0.2) is 58.2 Å². The predicted octanol–water partition coefficient (Wildman–Crippen LogP) is 4.22. The normalized spacial score (nSPS) is 18.1. The van der Waals surface area contributed by atoms with Crippen molar-refractivity contribution in [3.8, 4) is 0 Å². The van der Waals surface area contributed by atoms with E-state index in [1.807, 2.05) is 0 Å². The van der Waals surface area contributed by atoms with Gasteiger partial charge in [-0.25, -0.2) is 22.0 Å². The molecular formula is C11H17F9O2Si. The van der Waals surface area contributed by atoms with Gasteiger partial charge >= 0.3 is 20.4 Å². The van der Waals surface area contributed by atoms with Crippen molar-refractivity contribution in [2.24, 2.45) is 0 Å². The highest BCUT2D eigenvalue weighted by atomic mass is 28.4. The van der Waals surface area contributed by atoms with Gasteiger partial charge in [0.1, 0.15) is 0 Å². The van der Waals surface area contributed by atoms with Crippen LogP contribution < -0.4 is 0 Å². The molecule has 0 aromatic heterocycles. The summed E-state index contributed by atoms with van der Waals surface area (Å²) in [6, 6.07) is 0. The van der Waals surface area contributed by atoms with Crippen LogP contribution in [0.15, 0.2) is 0 Å². The maximum absolute atomic E-state index is 14.0. The zero-order valence-electron chi connectivity index (χ0n) is 12.4. The molecule has 2 nitrogen and oxygen atoms in total. The summed E-state index contributed by atoms with van der Waals surface area (Å²) in [4.78, 5) is 0. The van der Waals surface area contributed by atoms with E-state index in [-0.39, 0.29) is 13.2 Å². The van der Waals surface area contributed by atoms with Crippen molar-refractivity contribution in [3.63, 3.8) is 0 Å². The molecule has 3 unspecified atom stereocenters. The average molecular weight is 380 g/mol. The minimum absolute atomic E-state index is 0.368.